The molecule has 39 heavy (non-hydrogen) atoms. The van der Waals surface area contributed by atoms with Gasteiger partial charge in [-0.1, -0.05) is 82.8 Å². The molecule has 1 atom stereocenters. The first kappa shape index (κ1) is 27.2. The molecule has 4 aromatic carbocycles. The van der Waals surface area contributed by atoms with Gasteiger partial charge in [-0.3, -0.25) is 0 Å². The summed E-state index contributed by atoms with van der Waals surface area (Å²) in [6.07, 6.45) is 0. The van der Waals surface area contributed by atoms with Gasteiger partial charge in [-0.05, 0) is 59.7 Å². The van der Waals surface area contributed by atoms with Crippen LogP contribution < -0.4 is 15.8 Å². The highest BCUT2D eigenvalue weighted by Gasteiger charge is 2.24. The van der Waals surface area contributed by atoms with E-state index >= 15 is 0 Å². The molecular formula is C30H23Cl4N3O2. The summed E-state index contributed by atoms with van der Waals surface area (Å²) < 4.78 is 12.0. The van der Waals surface area contributed by atoms with Gasteiger partial charge in [0.25, 0.3) is 0 Å². The molecule has 198 valence electrons. The van der Waals surface area contributed by atoms with Crippen molar-refractivity contribution in [1.82, 2.24) is 5.32 Å². The van der Waals surface area contributed by atoms with Crippen LogP contribution in [0.1, 0.15) is 22.9 Å². The predicted octanol–water partition coefficient (Wildman–Crippen LogP) is 8.92. The average molecular weight is 599 g/mol. The Morgan fingerprint density at radius 1 is 0.897 bits per heavy atom. The first-order chi connectivity index (χ1) is 18.8. The van der Waals surface area contributed by atoms with Crippen molar-refractivity contribution >= 4 is 63.3 Å². The summed E-state index contributed by atoms with van der Waals surface area (Å²) in [7, 11) is 1.61. The number of ether oxygens (including phenoxy) is 1. The lowest BCUT2D eigenvalue weighted by atomic mass is 9.97. The van der Waals surface area contributed by atoms with Crippen LogP contribution in [0.15, 0.2) is 94.3 Å². The minimum Gasteiger partial charge on any atom is -0.496 e. The molecule has 0 spiro atoms. The molecule has 5 aromatic rings. The Bertz CT molecular complexity index is 1650. The lowest BCUT2D eigenvalue weighted by Gasteiger charge is -2.21. The van der Waals surface area contributed by atoms with Crippen LogP contribution in [0.3, 0.4) is 0 Å². The second-order valence-corrected chi connectivity index (χ2v) is 10.5. The molecule has 0 aliphatic carbocycles. The molecule has 5 rings (SSSR count). The van der Waals surface area contributed by atoms with E-state index < -0.39 is 6.04 Å². The molecule has 0 radical (unpaired) electrons. The van der Waals surface area contributed by atoms with Crippen LogP contribution in [0.2, 0.25) is 20.1 Å². The predicted molar refractivity (Wildman–Crippen MR) is 161 cm³/mol. The zero-order valence-corrected chi connectivity index (χ0v) is 23.7. The quantitative estimate of drug-likeness (QED) is 0.145. The minimum absolute atomic E-state index is 0.198. The van der Waals surface area contributed by atoms with Crippen LogP contribution in [0.4, 0.5) is 0 Å². The summed E-state index contributed by atoms with van der Waals surface area (Å²) in [6, 6.07) is 25.7. The zero-order valence-electron chi connectivity index (χ0n) is 20.7. The number of nitrogens with zero attached hydrogens (tertiary/aromatic N) is 1. The van der Waals surface area contributed by atoms with Crippen molar-refractivity contribution < 1.29 is 9.15 Å². The molecular weight excluding hydrogens is 576 g/mol. The van der Waals surface area contributed by atoms with Gasteiger partial charge in [0.05, 0.1) is 13.7 Å². The van der Waals surface area contributed by atoms with Gasteiger partial charge in [-0.15, -0.1) is 0 Å². The van der Waals surface area contributed by atoms with Crippen molar-refractivity contribution in [3.05, 3.63) is 122 Å². The number of benzene rings is 4. The Morgan fingerprint density at radius 3 is 2.36 bits per heavy atom. The molecule has 1 heterocycles. The normalized spacial score (nSPS) is 12.5. The van der Waals surface area contributed by atoms with Crippen molar-refractivity contribution in [1.29, 1.82) is 0 Å². The number of furan rings is 1. The first-order valence-electron chi connectivity index (χ1n) is 11.9. The van der Waals surface area contributed by atoms with Gasteiger partial charge in [0.1, 0.15) is 23.1 Å². The number of methoxy groups -OCH3 is 1. The molecule has 0 amide bonds. The van der Waals surface area contributed by atoms with Crippen molar-refractivity contribution in [3.8, 4) is 16.9 Å². The minimum atomic E-state index is -0.539. The topological polar surface area (TPSA) is 72.8 Å². The monoisotopic (exact) mass is 597 g/mol. The Labute approximate surface area is 246 Å². The number of para-hydroxylation sites is 1. The van der Waals surface area contributed by atoms with Gasteiger partial charge in [0, 0.05) is 36.6 Å². The average Bonchev–Trinajstić information content (AvgIpc) is 3.35. The van der Waals surface area contributed by atoms with Crippen molar-refractivity contribution in [2.75, 3.05) is 7.11 Å². The molecule has 0 aliphatic heterocycles. The molecule has 9 heteroatoms. The number of hydrogen-bond acceptors (Lipinski definition) is 3. The third-order valence-corrected chi connectivity index (χ3v) is 7.37. The fourth-order valence-corrected chi connectivity index (χ4v) is 5.30. The summed E-state index contributed by atoms with van der Waals surface area (Å²) in [5.41, 5.74) is 10.4. The van der Waals surface area contributed by atoms with E-state index in [2.05, 4.69) is 10.3 Å². The summed E-state index contributed by atoms with van der Waals surface area (Å²) in [4.78, 5) is 4.53. The van der Waals surface area contributed by atoms with E-state index in [1.807, 2.05) is 60.7 Å². The van der Waals surface area contributed by atoms with E-state index in [0.29, 0.717) is 31.6 Å². The van der Waals surface area contributed by atoms with Gasteiger partial charge in [-0.2, -0.15) is 0 Å². The number of hydrogen-bond donors (Lipinski definition) is 2. The zero-order chi connectivity index (χ0) is 27.5. The molecule has 0 saturated carbocycles. The van der Waals surface area contributed by atoms with E-state index in [0.717, 1.165) is 33.2 Å². The molecule has 5 nitrogen and oxygen atoms in total. The molecule has 3 N–H and O–H groups in total. The molecule has 0 aliphatic rings. The largest absolute Gasteiger partial charge is 0.496 e. The Kier molecular flexibility index (Phi) is 8.24. The lowest BCUT2D eigenvalue weighted by molar-refractivity contribution is 0.401. The second-order valence-electron chi connectivity index (χ2n) is 8.78. The standard InChI is InChI=1S/C30H23Cl4N3O2/c1-38-27-11-7-17(22-10-9-21(32)15-25(22)34)12-23(27)29(28-13-18-4-2-3-5-26(18)39-28)37-30(35)36-16-19-6-8-20(31)14-24(19)33/h2-15,29H,16H2,1H3,(H3,35,36,37). The molecule has 1 unspecified atom stereocenters. The number of nitrogens with one attached hydrogen (secondary N) is 1. The van der Waals surface area contributed by atoms with E-state index in [1.54, 1.807) is 31.4 Å². The third kappa shape index (κ3) is 6.13. The number of halogens is 4. The van der Waals surface area contributed by atoms with Crippen LogP contribution in [0, 0.1) is 0 Å². The third-order valence-electron chi connectivity index (χ3n) is 6.24. The fourth-order valence-electron chi connectivity index (χ4n) is 4.31. The van der Waals surface area contributed by atoms with Crippen molar-refractivity contribution in [3.63, 3.8) is 0 Å². The lowest BCUT2D eigenvalue weighted by Crippen LogP contribution is -2.35. The fraction of sp³-hybridized carbons (Fsp3) is 0.100. The smallest absolute Gasteiger partial charge is 0.189 e. The first-order valence-corrected chi connectivity index (χ1v) is 13.5. The van der Waals surface area contributed by atoms with Crippen molar-refractivity contribution in [2.45, 2.75) is 12.6 Å². The van der Waals surface area contributed by atoms with Crippen molar-refractivity contribution in [2.24, 2.45) is 10.7 Å². The highest BCUT2D eigenvalue weighted by molar-refractivity contribution is 6.36. The van der Waals surface area contributed by atoms with E-state index in [9.17, 15) is 0 Å². The van der Waals surface area contributed by atoms with Gasteiger partial charge >= 0.3 is 0 Å². The molecule has 0 fully saturated rings. The SMILES string of the molecule is COc1ccc(-c2ccc(Cl)cc2Cl)cc1C(NC(N)=NCc1ccc(Cl)cc1Cl)c1cc2ccccc2o1. The maximum Gasteiger partial charge on any atom is 0.189 e. The van der Waals surface area contributed by atoms with Crippen LogP contribution in [-0.2, 0) is 6.54 Å². The number of nitrogens with two attached hydrogens (primary N) is 1. The number of aliphatic imine (C=N–C) groups is 1. The highest BCUT2D eigenvalue weighted by atomic mass is 35.5. The van der Waals surface area contributed by atoms with E-state index in [-0.39, 0.29) is 12.5 Å². The van der Waals surface area contributed by atoms with Crippen LogP contribution in [-0.4, -0.2) is 13.1 Å². The van der Waals surface area contributed by atoms with E-state index in [1.165, 1.54) is 0 Å². The van der Waals surface area contributed by atoms with Gasteiger partial charge in [0.15, 0.2) is 5.96 Å². The maximum atomic E-state index is 6.54. The van der Waals surface area contributed by atoms with Crippen LogP contribution >= 0.6 is 46.4 Å². The second kappa shape index (κ2) is 11.8. The summed E-state index contributed by atoms with van der Waals surface area (Å²) in [6.45, 7) is 0.263. The Hall–Kier alpha value is -3.35. The molecule has 0 saturated heterocycles. The van der Waals surface area contributed by atoms with Gasteiger partial charge < -0.3 is 20.2 Å². The molecule has 1 aromatic heterocycles. The maximum absolute atomic E-state index is 6.54. The van der Waals surface area contributed by atoms with E-state index in [4.69, 9.17) is 61.3 Å². The summed E-state index contributed by atoms with van der Waals surface area (Å²) in [5.74, 6) is 1.47. The summed E-state index contributed by atoms with van der Waals surface area (Å²) >= 11 is 25.0. The Morgan fingerprint density at radius 2 is 1.64 bits per heavy atom. The highest BCUT2D eigenvalue weighted by Crippen LogP contribution is 2.38. The van der Waals surface area contributed by atoms with Gasteiger partial charge in [-0.25, -0.2) is 4.99 Å². The summed E-state index contributed by atoms with van der Waals surface area (Å²) in [5, 5.41) is 6.44. The van der Waals surface area contributed by atoms with Gasteiger partial charge in [0.2, 0.25) is 0 Å². The Balaban J connectivity index is 1.57. The van der Waals surface area contributed by atoms with Crippen LogP contribution in [0.5, 0.6) is 5.75 Å². The number of fused-ring (bicyclic) bond motifs is 1. The molecule has 0 bridgehead atoms. The number of rotatable bonds is 7. The van der Waals surface area contributed by atoms with Crippen LogP contribution in [0.25, 0.3) is 22.1 Å². The number of guanidine groups is 1.